The van der Waals surface area contributed by atoms with Crippen LogP contribution in [0.15, 0.2) is 53.0 Å². The van der Waals surface area contributed by atoms with Gasteiger partial charge in [0.2, 0.25) is 0 Å². The van der Waals surface area contributed by atoms with E-state index < -0.39 is 0 Å². The normalized spacial score (nSPS) is 10.1. The van der Waals surface area contributed by atoms with Gasteiger partial charge in [0.25, 0.3) is 0 Å². The van der Waals surface area contributed by atoms with Crippen molar-refractivity contribution in [3.8, 4) is 0 Å². The molecule has 2 rings (SSSR count). The van der Waals surface area contributed by atoms with Crippen molar-refractivity contribution in [2.75, 3.05) is 0 Å². The van der Waals surface area contributed by atoms with E-state index in [1.807, 2.05) is 55.5 Å². The Morgan fingerprint density at radius 3 is 2.25 bits per heavy atom. The average Bonchev–Trinajstić information content (AvgIpc) is 2.30. The minimum Gasteiger partial charge on any atom is -0.289 e. The highest BCUT2D eigenvalue weighted by atomic mass is 79.9. The standard InChI is InChI=1S/C14H11BrO/c1-10-6-8-11(9-7-10)14(16)12-4-2-3-5-13(12)15/h2-9H,1H3. The number of benzene rings is 2. The number of carbonyl (C=O) groups is 1. The first-order valence-electron chi connectivity index (χ1n) is 5.04. The topological polar surface area (TPSA) is 17.1 Å². The van der Waals surface area contributed by atoms with Crippen molar-refractivity contribution in [3.63, 3.8) is 0 Å². The molecule has 2 aromatic carbocycles. The maximum atomic E-state index is 12.1. The Morgan fingerprint density at radius 1 is 1.00 bits per heavy atom. The summed E-state index contributed by atoms with van der Waals surface area (Å²) in [4.78, 5) is 12.1. The summed E-state index contributed by atoms with van der Waals surface area (Å²) in [6.45, 7) is 2.01. The van der Waals surface area contributed by atoms with Crippen molar-refractivity contribution in [2.45, 2.75) is 6.92 Å². The molecule has 0 aliphatic heterocycles. The van der Waals surface area contributed by atoms with Gasteiger partial charge in [0.15, 0.2) is 5.78 Å². The highest BCUT2D eigenvalue weighted by Gasteiger charge is 2.11. The number of hydrogen-bond donors (Lipinski definition) is 0. The zero-order chi connectivity index (χ0) is 11.5. The molecule has 0 aliphatic rings. The van der Waals surface area contributed by atoms with Crippen molar-refractivity contribution in [1.82, 2.24) is 0 Å². The lowest BCUT2D eigenvalue weighted by molar-refractivity contribution is 0.103. The predicted octanol–water partition coefficient (Wildman–Crippen LogP) is 3.99. The van der Waals surface area contributed by atoms with Gasteiger partial charge in [0.1, 0.15) is 0 Å². The second kappa shape index (κ2) is 4.62. The van der Waals surface area contributed by atoms with Gasteiger partial charge in [-0.25, -0.2) is 0 Å². The highest BCUT2D eigenvalue weighted by molar-refractivity contribution is 9.10. The van der Waals surface area contributed by atoms with E-state index in [0.717, 1.165) is 15.6 Å². The fraction of sp³-hybridized carbons (Fsp3) is 0.0714. The molecule has 0 saturated carbocycles. The summed E-state index contributed by atoms with van der Waals surface area (Å²) in [5.41, 5.74) is 2.58. The van der Waals surface area contributed by atoms with E-state index in [2.05, 4.69) is 15.9 Å². The molecular weight excluding hydrogens is 264 g/mol. The number of carbonyl (C=O) groups excluding carboxylic acids is 1. The van der Waals surface area contributed by atoms with Crippen LogP contribution < -0.4 is 0 Å². The number of hydrogen-bond acceptors (Lipinski definition) is 1. The molecule has 1 nitrogen and oxygen atoms in total. The van der Waals surface area contributed by atoms with Crippen LogP contribution in [-0.2, 0) is 0 Å². The summed E-state index contributed by atoms with van der Waals surface area (Å²) < 4.78 is 0.834. The first kappa shape index (κ1) is 11.1. The fourth-order valence-corrected chi connectivity index (χ4v) is 1.97. The van der Waals surface area contributed by atoms with E-state index in [9.17, 15) is 4.79 Å². The Labute approximate surface area is 103 Å². The third-order valence-electron chi connectivity index (χ3n) is 2.43. The third-order valence-corrected chi connectivity index (χ3v) is 3.12. The molecule has 16 heavy (non-hydrogen) atoms. The molecule has 0 spiro atoms. The second-order valence-electron chi connectivity index (χ2n) is 3.67. The van der Waals surface area contributed by atoms with Gasteiger partial charge in [-0.1, -0.05) is 57.9 Å². The molecule has 0 radical (unpaired) electrons. The first-order valence-corrected chi connectivity index (χ1v) is 5.83. The maximum Gasteiger partial charge on any atom is 0.194 e. The molecule has 2 aromatic rings. The van der Waals surface area contributed by atoms with Crippen LogP contribution in [0.1, 0.15) is 21.5 Å². The first-order chi connectivity index (χ1) is 7.68. The van der Waals surface area contributed by atoms with Gasteiger partial charge in [0.05, 0.1) is 0 Å². The lowest BCUT2D eigenvalue weighted by Crippen LogP contribution is -2.01. The van der Waals surface area contributed by atoms with Crippen LogP contribution in [-0.4, -0.2) is 5.78 Å². The third kappa shape index (κ3) is 2.22. The van der Waals surface area contributed by atoms with Gasteiger partial charge in [-0.05, 0) is 19.1 Å². The van der Waals surface area contributed by atoms with Gasteiger partial charge in [-0.3, -0.25) is 4.79 Å². The Kier molecular flexibility index (Phi) is 3.20. The summed E-state index contributed by atoms with van der Waals surface area (Å²) in [5, 5.41) is 0. The van der Waals surface area contributed by atoms with Crippen molar-refractivity contribution >= 4 is 21.7 Å². The van der Waals surface area contributed by atoms with E-state index >= 15 is 0 Å². The minimum absolute atomic E-state index is 0.0486. The van der Waals surface area contributed by atoms with E-state index in [0.29, 0.717) is 5.56 Å². The summed E-state index contributed by atoms with van der Waals surface area (Å²) in [5.74, 6) is 0.0486. The molecule has 0 saturated heterocycles. The van der Waals surface area contributed by atoms with Crippen LogP contribution in [0.4, 0.5) is 0 Å². The van der Waals surface area contributed by atoms with Crippen LogP contribution in [0.25, 0.3) is 0 Å². The molecule has 0 aromatic heterocycles. The molecule has 2 heteroatoms. The van der Waals surface area contributed by atoms with Crippen LogP contribution in [0, 0.1) is 6.92 Å². The van der Waals surface area contributed by atoms with Gasteiger partial charge in [0, 0.05) is 15.6 Å². The fourth-order valence-electron chi connectivity index (χ4n) is 1.51. The Balaban J connectivity index is 2.40. The second-order valence-corrected chi connectivity index (χ2v) is 4.53. The average molecular weight is 275 g/mol. The van der Waals surface area contributed by atoms with Crippen LogP contribution in [0.3, 0.4) is 0 Å². The van der Waals surface area contributed by atoms with Crippen molar-refractivity contribution in [2.24, 2.45) is 0 Å². The molecule has 0 bridgehead atoms. The van der Waals surface area contributed by atoms with E-state index in [1.165, 1.54) is 0 Å². The highest BCUT2D eigenvalue weighted by Crippen LogP contribution is 2.19. The zero-order valence-corrected chi connectivity index (χ0v) is 10.5. The lowest BCUT2D eigenvalue weighted by atomic mass is 10.0. The molecule has 0 heterocycles. The van der Waals surface area contributed by atoms with Gasteiger partial charge in [-0.15, -0.1) is 0 Å². The molecule has 0 atom stereocenters. The molecule has 0 aliphatic carbocycles. The summed E-state index contributed by atoms with van der Waals surface area (Å²) >= 11 is 3.39. The maximum absolute atomic E-state index is 12.1. The van der Waals surface area contributed by atoms with Crippen molar-refractivity contribution < 1.29 is 4.79 Å². The van der Waals surface area contributed by atoms with Crippen molar-refractivity contribution in [1.29, 1.82) is 0 Å². The number of aryl methyl sites for hydroxylation is 1. The molecule has 80 valence electrons. The smallest absolute Gasteiger partial charge is 0.194 e. The molecule has 0 amide bonds. The predicted molar refractivity (Wildman–Crippen MR) is 68.8 cm³/mol. The lowest BCUT2D eigenvalue weighted by Gasteiger charge is -2.03. The number of rotatable bonds is 2. The van der Waals surface area contributed by atoms with Crippen LogP contribution >= 0.6 is 15.9 Å². The number of ketones is 1. The Bertz CT molecular complexity index is 515. The van der Waals surface area contributed by atoms with Crippen LogP contribution in [0.5, 0.6) is 0 Å². The monoisotopic (exact) mass is 274 g/mol. The number of halogens is 1. The van der Waals surface area contributed by atoms with Gasteiger partial charge < -0.3 is 0 Å². The molecule has 0 fully saturated rings. The van der Waals surface area contributed by atoms with Crippen molar-refractivity contribution in [3.05, 3.63) is 69.7 Å². The molecule has 0 unspecified atom stereocenters. The van der Waals surface area contributed by atoms with Gasteiger partial charge in [-0.2, -0.15) is 0 Å². The molecular formula is C14H11BrO. The molecule has 0 N–H and O–H groups in total. The quantitative estimate of drug-likeness (QED) is 0.757. The van der Waals surface area contributed by atoms with Crippen LogP contribution in [0.2, 0.25) is 0 Å². The van der Waals surface area contributed by atoms with Gasteiger partial charge >= 0.3 is 0 Å². The summed E-state index contributed by atoms with van der Waals surface area (Å²) in [6.07, 6.45) is 0. The van der Waals surface area contributed by atoms with E-state index in [1.54, 1.807) is 0 Å². The largest absolute Gasteiger partial charge is 0.289 e. The van der Waals surface area contributed by atoms with E-state index in [-0.39, 0.29) is 5.78 Å². The summed E-state index contributed by atoms with van der Waals surface area (Å²) in [7, 11) is 0. The zero-order valence-electron chi connectivity index (χ0n) is 8.91. The Hall–Kier alpha value is -1.41. The Morgan fingerprint density at radius 2 is 1.62 bits per heavy atom. The van der Waals surface area contributed by atoms with E-state index in [4.69, 9.17) is 0 Å². The minimum atomic E-state index is 0.0486. The summed E-state index contributed by atoms with van der Waals surface area (Å²) in [6, 6.07) is 15.1. The SMILES string of the molecule is Cc1ccc(C(=O)c2ccccc2Br)cc1.